The van der Waals surface area contributed by atoms with E-state index in [4.69, 9.17) is 9.47 Å². The van der Waals surface area contributed by atoms with Gasteiger partial charge in [-0.25, -0.2) is 0 Å². The third-order valence-electron chi connectivity index (χ3n) is 7.02. The second-order valence-corrected chi connectivity index (χ2v) is 9.50. The van der Waals surface area contributed by atoms with E-state index in [-0.39, 0.29) is 17.4 Å². The Hall–Kier alpha value is -3.58. The largest absolute Gasteiger partial charge is 0.507 e. The molecule has 7 heteroatoms. The number of likely N-dealkylation sites (tertiary alicyclic amines) is 1. The minimum Gasteiger partial charge on any atom is -0.507 e. The van der Waals surface area contributed by atoms with E-state index in [0.717, 1.165) is 37.4 Å². The number of carbonyl (C=O) groups is 2. The third-order valence-corrected chi connectivity index (χ3v) is 7.02. The van der Waals surface area contributed by atoms with E-state index in [1.165, 1.54) is 0 Å². The summed E-state index contributed by atoms with van der Waals surface area (Å²) in [4.78, 5) is 30.5. The van der Waals surface area contributed by atoms with Crippen molar-refractivity contribution in [2.45, 2.75) is 45.8 Å². The molecule has 2 aliphatic rings. The molecule has 4 rings (SSSR count). The Morgan fingerprint density at radius 1 is 1.22 bits per heavy atom. The first-order valence-corrected chi connectivity index (χ1v) is 13.0. The smallest absolute Gasteiger partial charge is 0.295 e. The van der Waals surface area contributed by atoms with Gasteiger partial charge in [-0.1, -0.05) is 38.6 Å². The lowest BCUT2D eigenvalue weighted by molar-refractivity contribution is -0.140. The number of ketones is 1. The quantitative estimate of drug-likeness (QED) is 0.206. The number of Topliss-reactive ketones (excluding diaryl/α,β-unsaturated/α-hetero) is 1. The number of amides is 1. The average Bonchev–Trinajstić information content (AvgIpc) is 3.40. The molecule has 0 aromatic heterocycles. The van der Waals surface area contributed by atoms with Crippen LogP contribution in [0.1, 0.15) is 49.9 Å². The summed E-state index contributed by atoms with van der Waals surface area (Å²) in [7, 11) is 0. The molecule has 1 fully saturated rings. The molecule has 0 radical (unpaired) electrons. The third kappa shape index (κ3) is 5.57. The van der Waals surface area contributed by atoms with Gasteiger partial charge in [-0.05, 0) is 74.4 Å². The monoisotopic (exact) mass is 504 g/mol. The van der Waals surface area contributed by atoms with Crippen LogP contribution in [0.5, 0.6) is 11.5 Å². The van der Waals surface area contributed by atoms with Gasteiger partial charge >= 0.3 is 0 Å². The van der Waals surface area contributed by atoms with Gasteiger partial charge in [0.25, 0.3) is 11.7 Å². The van der Waals surface area contributed by atoms with Gasteiger partial charge in [-0.3, -0.25) is 9.59 Å². The molecule has 1 amide bonds. The van der Waals surface area contributed by atoms with Gasteiger partial charge in [0.05, 0.1) is 11.6 Å². The van der Waals surface area contributed by atoms with Crippen LogP contribution in [0, 0.1) is 0 Å². The van der Waals surface area contributed by atoms with Crippen LogP contribution in [0.4, 0.5) is 0 Å². The number of nitrogens with zero attached hydrogens (tertiary/aromatic N) is 2. The molecule has 0 unspecified atom stereocenters. The summed E-state index contributed by atoms with van der Waals surface area (Å²) < 4.78 is 11.5. The van der Waals surface area contributed by atoms with Crippen molar-refractivity contribution in [2.24, 2.45) is 0 Å². The molecule has 196 valence electrons. The predicted molar refractivity (Wildman–Crippen MR) is 144 cm³/mol. The Labute approximate surface area is 219 Å². The van der Waals surface area contributed by atoms with Gasteiger partial charge in [0.15, 0.2) is 0 Å². The van der Waals surface area contributed by atoms with Crippen LogP contribution in [-0.2, 0) is 16.0 Å². The van der Waals surface area contributed by atoms with Crippen molar-refractivity contribution >= 4 is 17.4 Å². The highest BCUT2D eigenvalue weighted by molar-refractivity contribution is 6.46. The summed E-state index contributed by atoms with van der Waals surface area (Å²) >= 11 is 0. The van der Waals surface area contributed by atoms with E-state index in [9.17, 15) is 14.7 Å². The summed E-state index contributed by atoms with van der Waals surface area (Å²) in [5.74, 6) is -0.0526. The number of hydrogen-bond donors (Lipinski definition) is 1. The summed E-state index contributed by atoms with van der Waals surface area (Å²) in [6.07, 6.45) is 3.15. The summed E-state index contributed by atoms with van der Waals surface area (Å²) in [6, 6.07) is 12.0. The molecule has 2 atom stereocenters. The van der Waals surface area contributed by atoms with Crippen LogP contribution in [0.25, 0.3) is 5.76 Å². The molecular formula is C30H36N2O5. The van der Waals surface area contributed by atoms with Gasteiger partial charge in [0, 0.05) is 18.5 Å². The lowest BCUT2D eigenvalue weighted by atomic mass is 9.94. The first-order chi connectivity index (χ1) is 17.9. The van der Waals surface area contributed by atoms with Gasteiger partial charge in [-0.15, -0.1) is 0 Å². The fourth-order valence-electron chi connectivity index (χ4n) is 5.12. The van der Waals surface area contributed by atoms with Crippen molar-refractivity contribution in [3.63, 3.8) is 0 Å². The SMILES string of the molecule is C=CCOc1cccc([C@H]2C(=C(O)c3ccc4c(c3)C[C@H](C)O4)C(=O)C(=O)N2CCCN(CC)CC)c1. The van der Waals surface area contributed by atoms with Crippen molar-refractivity contribution < 1.29 is 24.2 Å². The first-order valence-electron chi connectivity index (χ1n) is 13.0. The maximum Gasteiger partial charge on any atom is 0.295 e. The standard InChI is InChI=1S/C30H36N2O5/c1-5-16-36-24-11-8-10-21(19-24)27-26(28(33)22-12-13-25-23(18-22)17-20(4)37-25)29(34)30(35)32(27)15-9-14-31(6-2)7-3/h5,8,10-13,18-20,27,33H,1,6-7,9,14-17H2,2-4H3/t20-,27-/m0/s1. The van der Waals surface area contributed by atoms with E-state index in [0.29, 0.717) is 36.4 Å². The molecule has 0 aliphatic carbocycles. The Morgan fingerprint density at radius 2 is 2.00 bits per heavy atom. The zero-order chi connectivity index (χ0) is 26.5. The maximum absolute atomic E-state index is 13.4. The number of aliphatic hydroxyl groups is 1. The number of ether oxygens (including phenoxy) is 2. The molecule has 2 aromatic rings. The molecule has 2 aromatic carbocycles. The van der Waals surface area contributed by atoms with E-state index < -0.39 is 17.7 Å². The van der Waals surface area contributed by atoms with Crippen molar-refractivity contribution in [1.29, 1.82) is 0 Å². The lowest BCUT2D eigenvalue weighted by Gasteiger charge is -2.27. The van der Waals surface area contributed by atoms with Gasteiger partial charge in [-0.2, -0.15) is 0 Å². The molecule has 2 heterocycles. The van der Waals surface area contributed by atoms with Crippen molar-refractivity contribution in [1.82, 2.24) is 9.80 Å². The first kappa shape index (κ1) is 26.5. The van der Waals surface area contributed by atoms with E-state index in [1.807, 2.05) is 43.3 Å². The highest BCUT2D eigenvalue weighted by atomic mass is 16.5. The number of carbonyl (C=O) groups excluding carboxylic acids is 2. The molecule has 2 aliphatic heterocycles. The number of benzene rings is 2. The zero-order valence-corrected chi connectivity index (χ0v) is 21.9. The molecule has 7 nitrogen and oxygen atoms in total. The van der Waals surface area contributed by atoms with Gasteiger partial charge in [0.2, 0.25) is 0 Å². The minimum atomic E-state index is -0.715. The van der Waals surface area contributed by atoms with E-state index in [2.05, 4.69) is 25.3 Å². The normalized spacial score (nSPS) is 20.3. The topological polar surface area (TPSA) is 79.3 Å². The Bertz CT molecular complexity index is 1200. The lowest BCUT2D eigenvalue weighted by Crippen LogP contribution is -2.33. The number of fused-ring (bicyclic) bond motifs is 1. The van der Waals surface area contributed by atoms with Crippen molar-refractivity contribution in [2.75, 3.05) is 32.8 Å². The minimum absolute atomic E-state index is 0.0575. The molecule has 0 saturated carbocycles. The van der Waals surface area contributed by atoms with Crippen LogP contribution < -0.4 is 9.47 Å². The van der Waals surface area contributed by atoms with Gasteiger partial charge in [0.1, 0.15) is 30.0 Å². The molecule has 0 bridgehead atoms. The maximum atomic E-state index is 13.4. The highest BCUT2D eigenvalue weighted by Gasteiger charge is 2.46. The Morgan fingerprint density at radius 3 is 2.73 bits per heavy atom. The molecule has 0 spiro atoms. The van der Waals surface area contributed by atoms with Crippen LogP contribution in [0.2, 0.25) is 0 Å². The predicted octanol–water partition coefficient (Wildman–Crippen LogP) is 4.73. The molecular weight excluding hydrogens is 468 g/mol. The Balaban J connectivity index is 1.74. The number of aliphatic hydroxyl groups excluding tert-OH is 1. The molecule has 37 heavy (non-hydrogen) atoms. The van der Waals surface area contributed by atoms with Crippen molar-refractivity contribution in [3.05, 3.63) is 77.4 Å². The highest BCUT2D eigenvalue weighted by Crippen LogP contribution is 2.41. The second-order valence-electron chi connectivity index (χ2n) is 9.50. The van der Waals surface area contributed by atoms with Crippen molar-refractivity contribution in [3.8, 4) is 11.5 Å². The van der Waals surface area contributed by atoms with E-state index in [1.54, 1.807) is 17.0 Å². The summed E-state index contributed by atoms with van der Waals surface area (Å²) in [5, 5.41) is 11.4. The molecule has 1 N–H and O–H groups in total. The van der Waals surface area contributed by atoms with Gasteiger partial charge < -0.3 is 24.4 Å². The average molecular weight is 505 g/mol. The van der Waals surface area contributed by atoms with Crippen LogP contribution in [0.15, 0.2) is 60.7 Å². The number of hydrogen-bond acceptors (Lipinski definition) is 6. The molecule has 1 saturated heterocycles. The fourth-order valence-corrected chi connectivity index (χ4v) is 5.12. The Kier molecular flexibility index (Phi) is 8.34. The van der Waals surface area contributed by atoms with Crippen LogP contribution in [-0.4, -0.2) is 65.5 Å². The number of rotatable bonds is 11. The summed E-state index contributed by atoms with van der Waals surface area (Å²) in [6.45, 7) is 13.3. The van der Waals surface area contributed by atoms with Crippen LogP contribution in [0.3, 0.4) is 0 Å². The second kappa shape index (κ2) is 11.6. The fraction of sp³-hybridized carbons (Fsp3) is 0.400. The zero-order valence-electron chi connectivity index (χ0n) is 21.9. The van der Waals surface area contributed by atoms with Crippen LogP contribution >= 0.6 is 0 Å². The summed E-state index contributed by atoms with van der Waals surface area (Å²) in [5.41, 5.74) is 2.28. The van der Waals surface area contributed by atoms with E-state index >= 15 is 0 Å².